The van der Waals surface area contributed by atoms with Gasteiger partial charge in [0.2, 0.25) is 6.29 Å². The van der Waals surface area contributed by atoms with E-state index in [4.69, 9.17) is 9.47 Å². The molecule has 1 aromatic rings. The minimum atomic E-state index is 0.278. The summed E-state index contributed by atoms with van der Waals surface area (Å²) in [4.78, 5) is 10.0. The van der Waals surface area contributed by atoms with E-state index in [9.17, 15) is 4.79 Å². The molecule has 0 heterocycles. The van der Waals surface area contributed by atoms with Crippen LogP contribution in [0.15, 0.2) is 24.3 Å². The maximum Gasteiger partial charge on any atom is 0.202 e. The van der Waals surface area contributed by atoms with E-state index in [1.54, 1.807) is 26.6 Å². The van der Waals surface area contributed by atoms with E-state index in [1.165, 1.54) is 0 Å². The predicted molar refractivity (Wildman–Crippen MR) is 58.9 cm³/mol. The van der Waals surface area contributed by atoms with Crippen LogP contribution in [0, 0.1) is 0 Å². The third-order valence-electron chi connectivity index (χ3n) is 1.94. The van der Waals surface area contributed by atoms with E-state index >= 15 is 0 Å². The van der Waals surface area contributed by atoms with E-state index in [1.807, 2.05) is 24.3 Å². The van der Waals surface area contributed by atoms with Gasteiger partial charge < -0.3 is 9.47 Å². The number of hydrogen-bond acceptors (Lipinski definition) is 3. The van der Waals surface area contributed by atoms with Crippen molar-refractivity contribution in [2.45, 2.75) is 6.42 Å². The first-order chi connectivity index (χ1) is 7.31. The highest BCUT2D eigenvalue weighted by Crippen LogP contribution is 2.24. The van der Waals surface area contributed by atoms with Crippen LogP contribution in [0.4, 0.5) is 0 Å². The number of rotatable bonds is 5. The van der Waals surface area contributed by atoms with Gasteiger partial charge in [0.25, 0.3) is 0 Å². The Hall–Kier alpha value is -1.77. The van der Waals surface area contributed by atoms with Gasteiger partial charge in [0.1, 0.15) is 11.5 Å². The van der Waals surface area contributed by atoms with Gasteiger partial charge in [0.15, 0.2) is 0 Å². The smallest absolute Gasteiger partial charge is 0.202 e. The summed E-state index contributed by atoms with van der Waals surface area (Å²) in [5.41, 5.74) is 0.882. The van der Waals surface area contributed by atoms with E-state index in [2.05, 4.69) is 0 Å². The summed E-state index contributed by atoms with van der Waals surface area (Å²) in [6.07, 6.45) is 5.61. The first kappa shape index (κ1) is 11.3. The highest BCUT2D eigenvalue weighted by atomic mass is 16.5. The van der Waals surface area contributed by atoms with Gasteiger partial charge in [-0.1, -0.05) is 12.2 Å². The fourth-order valence-electron chi connectivity index (χ4n) is 1.20. The first-order valence-electron chi connectivity index (χ1n) is 4.55. The van der Waals surface area contributed by atoms with Crippen LogP contribution in [0.25, 0.3) is 6.08 Å². The van der Waals surface area contributed by atoms with Gasteiger partial charge in [-0.3, -0.25) is 4.79 Å². The van der Waals surface area contributed by atoms with Gasteiger partial charge in [-0.2, -0.15) is 0 Å². The number of carbonyl (C=O) groups excluding carboxylic acids is 1. The maximum atomic E-state index is 10.0. The summed E-state index contributed by atoms with van der Waals surface area (Å²) in [5.74, 6) is 1.50. The maximum absolute atomic E-state index is 10.0. The Bertz CT molecular complexity index is 356. The topological polar surface area (TPSA) is 35.5 Å². The lowest BCUT2D eigenvalue weighted by Gasteiger charge is -2.06. The molecule has 1 radical (unpaired) electrons. The highest BCUT2D eigenvalue weighted by Gasteiger charge is 2.00. The second-order valence-electron chi connectivity index (χ2n) is 2.86. The molecule has 0 aliphatic carbocycles. The van der Waals surface area contributed by atoms with Crippen molar-refractivity contribution in [3.05, 3.63) is 29.8 Å². The molecule has 79 valence electrons. The fraction of sp³-hybridized carbons (Fsp3) is 0.250. The lowest BCUT2D eigenvalue weighted by atomic mass is 10.1. The number of methoxy groups -OCH3 is 2. The highest BCUT2D eigenvalue weighted by molar-refractivity contribution is 5.63. The second kappa shape index (κ2) is 5.86. The van der Waals surface area contributed by atoms with Crippen LogP contribution in [0.2, 0.25) is 0 Å². The van der Waals surface area contributed by atoms with Crippen LogP contribution in [-0.4, -0.2) is 20.5 Å². The Labute approximate surface area is 89.3 Å². The van der Waals surface area contributed by atoms with Gasteiger partial charge in [-0.05, 0) is 18.2 Å². The predicted octanol–water partition coefficient (Wildman–Crippen LogP) is 2.22. The van der Waals surface area contributed by atoms with Crippen LogP contribution in [0.1, 0.15) is 12.0 Å². The Balaban J connectivity index is 2.95. The van der Waals surface area contributed by atoms with Crippen molar-refractivity contribution < 1.29 is 14.3 Å². The second-order valence-corrected chi connectivity index (χ2v) is 2.86. The van der Waals surface area contributed by atoms with Crippen molar-refractivity contribution in [2.75, 3.05) is 14.2 Å². The van der Waals surface area contributed by atoms with Crippen LogP contribution < -0.4 is 9.47 Å². The summed E-state index contributed by atoms with van der Waals surface area (Å²) < 4.78 is 10.3. The molecular weight excluding hydrogens is 192 g/mol. The molecule has 15 heavy (non-hydrogen) atoms. The number of ether oxygens (including phenoxy) is 2. The van der Waals surface area contributed by atoms with Crippen LogP contribution in [0.5, 0.6) is 11.5 Å². The van der Waals surface area contributed by atoms with Crippen molar-refractivity contribution in [2.24, 2.45) is 0 Å². The third kappa shape index (κ3) is 3.13. The minimum Gasteiger partial charge on any atom is -0.497 e. The number of benzene rings is 1. The molecule has 3 nitrogen and oxygen atoms in total. The Morgan fingerprint density at radius 2 is 2.13 bits per heavy atom. The number of allylic oxidation sites excluding steroid dienone is 1. The molecule has 0 bridgehead atoms. The third-order valence-corrected chi connectivity index (χ3v) is 1.94. The SMILES string of the molecule is COc1ccc(OC)c(C=CC[C]=O)c1. The summed E-state index contributed by atoms with van der Waals surface area (Å²) in [6, 6.07) is 5.49. The normalized spacial score (nSPS) is 10.3. The van der Waals surface area contributed by atoms with E-state index in [0.717, 1.165) is 17.1 Å². The van der Waals surface area contributed by atoms with E-state index in [-0.39, 0.29) is 6.42 Å². The van der Waals surface area contributed by atoms with Crippen LogP contribution in [-0.2, 0) is 4.79 Å². The summed E-state index contributed by atoms with van der Waals surface area (Å²) in [7, 11) is 3.21. The first-order valence-corrected chi connectivity index (χ1v) is 4.55. The van der Waals surface area contributed by atoms with E-state index in [0.29, 0.717) is 0 Å². The lowest BCUT2D eigenvalue weighted by Crippen LogP contribution is -1.89. The molecule has 0 unspecified atom stereocenters. The van der Waals surface area contributed by atoms with Crippen molar-refractivity contribution in [3.63, 3.8) is 0 Å². The van der Waals surface area contributed by atoms with E-state index < -0.39 is 0 Å². The molecule has 1 aromatic carbocycles. The standard InChI is InChI=1S/C12H13O3/c1-14-11-6-7-12(15-2)10(9-11)5-3-4-8-13/h3,5-7,9H,4H2,1-2H3. The molecule has 3 heteroatoms. The summed E-state index contributed by atoms with van der Waals surface area (Å²) in [6.45, 7) is 0. The van der Waals surface area contributed by atoms with Gasteiger partial charge in [0, 0.05) is 12.0 Å². The van der Waals surface area contributed by atoms with Gasteiger partial charge in [-0.25, -0.2) is 0 Å². The largest absolute Gasteiger partial charge is 0.497 e. The van der Waals surface area contributed by atoms with Crippen LogP contribution in [0.3, 0.4) is 0 Å². The molecule has 0 saturated carbocycles. The number of hydrogen-bond donors (Lipinski definition) is 0. The Morgan fingerprint density at radius 1 is 1.33 bits per heavy atom. The molecule has 0 spiro atoms. The van der Waals surface area contributed by atoms with Crippen molar-refractivity contribution in [1.29, 1.82) is 0 Å². The molecule has 0 aliphatic heterocycles. The average molecular weight is 205 g/mol. The molecule has 1 rings (SSSR count). The zero-order valence-electron chi connectivity index (χ0n) is 8.82. The Morgan fingerprint density at radius 3 is 2.73 bits per heavy atom. The summed E-state index contributed by atoms with van der Waals surface area (Å²) >= 11 is 0. The zero-order chi connectivity index (χ0) is 11.1. The van der Waals surface area contributed by atoms with Crippen LogP contribution >= 0.6 is 0 Å². The lowest BCUT2D eigenvalue weighted by molar-refractivity contribution is 0.402. The van der Waals surface area contributed by atoms with Crippen molar-refractivity contribution in [3.8, 4) is 11.5 Å². The van der Waals surface area contributed by atoms with Crippen molar-refractivity contribution in [1.82, 2.24) is 0 Å². The molecule has 0 atom stereocenters. The summed E-state index contributed by atoms with van der Waals surface area (Å²) in [5, 5.41) is 0. The van der Waals surface area contributed by atoms with Crippen molar-refractivity contribution >= 4 is 12.4 Å². The molecule has 0 aromatic heterocycles. The molecule has 0 fully saturated rings. The molecule has 0 N–H and O–H groups in total. The zero-order valence-corrected chi connectivity index (χ0v) is 8.82. The van der Waals surface area contributed by atoms with Gasteiger partial charge >= 0.3 is 0 Å². The molecular formula is C12H13O3. The monoisotopic (exact) mass is 205 g/mol. The van der Waals surface area contributed by atoms with Gasteiger partial charge in [-0.15, -0.1) is 0 Å². The fourth-order valence-corrected chi connectivity index (χ4v) is 1.20. The van der Waals surface area contributed by atoms with Gasteiger partial charge in [0.05, 0.1) is 14.2 Å². The average Bonchev–Trinajstić information content (AvgIpc) is 2.29. The minimum absolute atomic E-state index is 0.278. The molecule has 0 aliphatic rings. The molecule has 0 amide bonds. The Kier molecular flexibility index (Phi) is 4.41. The molecule has 0 saturated heterocycles. The quantitative estimate of drug-likeness (QED) is 0.739.